The number of hydroxylamine groups is 1. The normalized spacial score (nSPS) is 21.8. The Balaban J connectivity index is 1.78. The minimum atomic E-state index is -0.571. The van der Waals surface area contributed by atoms with Crippen LogP contribution in [-0.2, 0) is 16.0 Å². The Morgan fingerprint density at radius 2 is 1.88 bits per heavy atom. The van der Waals surface area contributed by atoms with Crippen LogP contribution in [0.1, 0.15) is 41.6 Å². The highest BCUT2D eigenvalue weighted by molar-refractivity contribution is 5.94. The first-order valence-corrected chi connectivity index (χ1v) is 8.50. The molecule has 2 heterocycles. The lowest BCUT2D eigenvalue weighted by Gasteiger charge is -2.27. The molecular weight excluding hydrogens is 310 g/mol. The van der Waals surface area contributed by atoms with E-state index < -0.39 is 5.91 Å². The number of ether oxygens (including phenoxy) is 2. The van der Waals surface area contributed by atoms with Crippen molar-refractivity contribution in [1.29, 1.82) is 0 Å². The highest BCUT2D eigenvalue weighted by atomic mass is 16.5. The molecular formula is C18H23NO5. The molecule has 6 heteroatoms. The van der Waals surface area contributed by atoms with Crippen molar-refractivity contribution in [3.63, 3.8) is 0 Å². The van der Waals surface area contributed by atoms with E-state index in [0.717, 1.165) is 31.2 Å². The number of hydrogen-bond acceptors (Lipinski definition) is 5. The van der Waals surface area contributed by atoms with E-state index in [1.807, 2.05) is 6.07 Å². The molecule has 1 aromatic rings. The van der Waals surface area contributed by atoms with E-state index in [0.29, 0.717) is 43.3 Å². The maximum Gasteiger partial charge on any atom is 0.274 e. The Labute approximate surface area is 141 Å². The van der Waals surface area contributed by atoms with Crippen LogP contribution < -0.4 is 10.2 Å². The van der Waals surface area contributed by atoms with Gasteiger partial charge in [0.2, 0.25) is 0 Å². The molecule has 1 aromatic carbocycles. The maximum absolute atomic E-state index is 12.9. The van der Waals surface area contributed by atoms with Gasteiger partial charge in [-0.1, -0.05) is 6.07 Å². The number of nitrogens with one attached hydrogen (secondary N) is 1. The molecule has 0 spiro atoms. The number of benzene rings is 1. The van der Waals surface area contributed by atoms with Crippen LogP contribution in [-0.4, -0.2) is 36.7 Å². The fourth-order valence-electron chi connectivity index (χ4n) is 3.50. The molecule has 1 fully saturated rings. The average Bonchev–Trinajstić information content (AvgIpc) is 2.61. The van der Waals surface area contributed by atoms with Crippen LogP contribution in [0.4, 0.5) is 0 Å². The van der Waals surface area contributed by atoms with Crippen molar-refractivity contribution in [3.05, 3.63) is 29.3 Å². The first-order valence-electron chi connectivity index (χ1n) is 8.50. The van der Waals surface area contributed by atoms with Crippen LogP contribution in [0.15, 0.2) is 18.2 Å². The lowest BCUT2D eigenvalue weighted by molar-refractivity contribution is -0.130. The maximum atomic E-state index is 12.9. The Kier molecular flexibility index (Phi) is 5.48. The summed E-state index contributed by atoms with van der Waals surface area (Å²) < 4.78 is 11.1. The number of rotatable bonds is 3. The van der Waals surface area contributed by atoms with Gasteiger partial charge in [-0.25, -0.2) is 5.48 Å². The van der Waals surface area contributed by atoms with Crippen LogP contribution in [0.25, 0.3) is 0 Å². The van der Waals surface area contributed by atoms with Gasteiger partial charge in [-0.15, -0.1) is 0 Å². The van der Waals surface area contributed by atoms with Gasteiger partial charge < -0.3 is 9.47 Å². The van der Waals surface area contributed by atoms with E-state index in [2.05, 4.69) is 0 Å². The zero-order valence-electron chi connectivity index (χ0n) is 13.6. The summed E-state index contributed by atoms with van der Waals surface area (Å²) in [5.74, 6) is 0.488. The zero-order chi connectivity index (χ0) is 16.9. The minimum absolute atomic E-state index is 0.00623. The monoisotopic (exact) mass is 333 g/mol. The average molecular weight is 333 g/mol. The zero-order valence-corrected chi connectivity index (χ0v) is 13.6. The second kappa shape index (κ2) is 7.77. The topological polar surface area (TPSA) is 84.9 Å². The smallest absolute Gasteiger partial charge is 0.274 e. The molecule has 0 aromatic heterocycles. The summed E-state index contributed by atoms with van der Waals surface area (Å²) in [6, 6.07) is 5.09. The lowest BCUT2D eigenvalue weighted by atomic mass is 9.81. The Morgan fingerprint density at radius 3 is 2.62 bits per heavy atom. The van der Waals surface area contributed by atoms with Crippen molar-refractivity contribution in [3.8, 4) is 5.75 Å². The van der Waals surface area contributed by atoms with Crippen LogP contribution >= 0.6 is 0 Å². The Hall–Kier alpha value is -1.92. The molecule has 1 amide bonds. The highest BCUT2D eigenvalue weighted by Gasteiger charge is 2.30. The standard InChI is InChI=1S/C18H23NO5/c20-17(12-5-8-23-9-6-12)14-2-1-7-24-16-11-15(18(21)19-22)4-3-13(16)10-14/h3-4,11-12,14,22H,1-2,5-10H2,(H,19,21). The second-order valence-electron chi connectivity index (χ2n) is 6.44. The van der Waals surface area contributed by atoms with E-state index in [1.165, 1.54) is 0 Å². The van der Waals surface area contributed by atoms with Gasteiger partial charge in [0.15, 0.2) is 0 Å². The van der Waals surface area contributed by atoms with Gasteiger partial charge in [-0.3, -0.25) is 14.8 Å². The van der Waals surface area contributed by atoms with Crippen molar-refractivity contribution in [2.75, 3.05) is 19.8 Å². The molecule has 1 unspecified atom stereocenters. The number of amides is 1. The molecule has 0 aliphatic carbocycles. The molecule has 0 saturated carbocycles. The summed E-state index contributed by atoms with van der Waals surface area (Å²) in [7, 11) is 0. The molecule has 0 radical (unpaired) electrons. The molecule has 2 aliphatic rings. The summed E-state index contributed by atoms with van der Waals surface area (Å²) in [6.45, 7) is 1.86. The first-order chi connectivity index (χ1) is 11.7. The van der Waals surface area contributed by atoms with E-state index in [9.17, 15) is 9.59 Å². The number of hydrogen-bond donors (Lipinski definition) is 2. The van der Waals surface area contributed by atoms with Gasteiger partial charge in [0.05, 0.1) is 6.61 Å². The molecule has 1 atom stereocenters. The summed E-state index contributed by atoms with van der Waals surface area (Å²) in [6.07, 6.45) is 3.90. The van der Waals surface area contributed by atoms with Crippen LogP contribution in [0.5, 0.6) is 5.75 Å². The number of carbonyl (C=O) groups excluding carboxylic acids is 2. The Morgan fingerprint density at radius 1 is 1.08 bits per heavy atom. The molecule has 130 valence electrons. The number of ketones is 1. The lowest BCUT2D eigenvalue weighted by Crippen LogP contribution is -2.31. The van der Waals surface area contributed by atoms with Crippen LogP contribution in [0.3, 0.4) is 0 Å². The second-order valence-corrected chi connectivity index (χ2v) is 6.44. The summed E-state index contributed by atoms with van der Waals surface area (Å²) in [5.41, 5.74) is 2.90. The molecule has 6 nitrogen and oxygen atoms in total. The first kappa shape index (κ1) is 16.9. The Bertz CT molecular complexity index is 609. The predicted octanol–water partition coefficient (Wildman–Crippen LogP) is 2.13. The van der Waals surface area contributed by atoms with E-state index in [-0.39, 0.29) is 11.8 Å². The highest BCUT2D eigenvalue weighted by Crippen LogP contribution is 2.31. The molecule has 2 aliphatic heterocycles. The minimum Gasteiger partial charge on any atom is -0.493 e. The number of fused-ring (bicyclic) bond motifs is 1. The van der Waals surface area contributed by atoms with E-state index in [1.54, 1.807) is 17.6 Å². The third-order valence-electron chi connectivity index (χ3n) is 4.88. The molecule has 0 bridgehead atoms. The van der Waals surface area contributed by atoms with Crippen LogP contribution in [0.2, 0.25) is 0 Å². The van der Waals surface area contributed by atoms with E-state index >= 15 is 0 Å². The van der Waals surface area contributed by atoms with Crippen molar-refractivity contribution in [1.82, 2.24) is 5.48 Å². The van der Waals surface area contributed by atoms with E-state index in [4.69, 9.17) is 14.7 Å². The number of Topliss-reactive ketones (excluding diaryl/α,β-unsaturated/α-hetero) is 1. The van der Waals surface area contributed by atoms with Crippen LogP contribution in [0, 0.1) is 11.8 Å². The summed E-state index contributed by atoms with van der Waals surface area (Å²) in [5, 5.41) is 8.76. The van der Waals surface area contributed by atoms with Crippen molar-refractivity contribution >= 4 is 11.7 Å². The fraction of sp³-hybridized carbons (Fsp3) is 0.556. The molecule has 3 rings (SSSR count). The molecule has 24 heavy (non-hydrogen) atoms. The molecule has 2 N–H and O–H groups in total. The van der Waals surface area contributed by atoms with Gasteiger partial charge >= 0.3 is 0 Å². The SMILES string of the molecule is O=C(NO)c1ccc2c(c1)OCCCC(C(=O)C1CCOCC1)C2. The molecule has 1 saturated heterocycles. The van der Waals surface area contributed by atoms with Gasteiger partial charge in [0.1, 0.15) is 11.5 Å². The van der Waals surface area contributed by atoms with Gasteiger partial charge in [-0.05, 0) is 49.8 Å². The van der Waals surface area contributed by atoms with Gasteiger partial charge in [0.25, 0.3) is 5.91 Å². The van der Waals surface area contributed by atoms with Crippen molar-refractivity contribution in [2.45, 2.75) is 32.1 Å². The third-order valence-corrected chi connectivity index (χ3v) is 4.88. The predicted molar refractivity (Wildman–Crippen MR) is 86.2 cm³/mol. The largest absolute Gasteiger partial charge is 0.493 e. The van der Waals surface area contributed by atoms with Gasteiger partial charge in [0, 0.05) is 30.6 Å². The van der Waals surface area contributed by atoms with Crippen molar-refractivity contribution < 1.29 is 24.3 Å². The third kappa shape index (κ3) is 3.76. The summed E-state index contributed by atoms with van der Waals surface area (Å²) >= 11 is 0. The quantitative estimate of drug-likeness (QED) is 0.654. The number of carbonyl (C=O) groups is 2. The fourth-order valence-corrected chi connectivity index (χ4v) is 3.50. The summed E-state index contributed by atoms with van der Waals surface area (Å²) in [4.78, 5) is 24.4. The van der Waals surface area contributed by atoms with Gasteiger partial charge in [-0.2, -0.15) is 0 Å². The van der Waals surface area contributed by atoms with Crippen molar-refractivity contribution in [2.24, 2.45) is 11.8 Å².